The molecule has 0 saturated heterocycles. The fourth-order valence-corrected chi connectivity index (χ4v) is 1.47. The standard InChI is InChI=1S/C12H20N2O3/c13-6-1-2-7-14-8-3-5-11(12(14)16)17-10-4-9-15/h3,5,8,15H,1-2,4,6-7,9-10,13H2. The fourth-order valence-electron chi connectivity index (χ4n) is 1.47. The summed E-state index contributed by atoms with van der Waals surface area (Å²) in [4.78, 5) is 11.9. The van der Waals surface area contributed by atoms with Gasteiger partial charge in [-0.1, -0.05) is 0 Å². The normalized spacial score (nSPS) is 10.5. The summed E-state index contributed by atoms with van der Waals surface area (Å²) in [7, 11) is 0. The first-order valence-electron chi connectivity index (χ1n) is 5.92. The van der Waals surface area contributed by atoms with E-state index >= 15 is 0 Å². The Morgan fingerprint density at radius 2 is 2.18 bits per heavy atom. The third-order valence-corrected chi connectivity index (χ3v) is 2.40. The van der Waals surface area contributed by atoms with Crippen LogP contribution in [0.25, 0.3) is 0 Å². The van der Waals surface area contributed by atoms with Gasteiger partial charge < -0.3 is 20.1 Å². The van der Waals surface area contributed by atoms with Crippen molar-refractivity contribution in [1.29, 1.82) is 0 Å². The highest BCUT2D eigenvalue weighted by molar-refractivity contribution is 5.17. The van der Waals surface area contributed by atoms with Gasteiger partial charge in [0.05, 0.1) is 6.61 Å². The van der Waals surface area contributed by atoms with Crippen LogP contribution in [-0.4, -0.2) is 29.4 Å². The largest absolute Gasteiger partial charge is 0.488 e. The summed E-state index contributed by atoms with van der Waals surface area (Å²) < 4.78 is 6.94. The van der Waals surface area contributed by atoms with E-state index in [1.807, 2.05) is 0 Å². The smallest absolute Gasteiger partial charge is 0.292 e. The number of rotatable bonds is 8. The average Bonchev–Trinajstić information content (AvgIpc) is 2.34. The molecule has 0 fully saturated rings. The van der Waals surface area contributed by atoms with Gasteiger partial charge in [0.1, 0.15) is 0 Å². The van der Waals surface area contributed by atoms with Crippen molar-refractivity contribution in [1.82, 2.24) is 4.57 Å². The highest BCUT2D eigenvalue weighted by atomic mass is 16.5. The number of aliphatic hydroxyl groups is 1. The van der Waals surface area contributed by atoms with Crippen LogP contribution in [0.2, 0.25) is 0 Å². The Morgan fingerprint density at radius 1 is 1.35 bits per heavy atom. The lowest BCUT2D eigenvalue weighted by atomic mass is 10.3. The van der Waals surface area contributed by atoms with Gasteiger partial charge >= 0.3 is 0 Å². The molecule has 0 atom stereocenters. The lowest BCUT2D eigenvalue weighted by molar-refractivity contribution is 0.231. The van der Waals surface area contributed by atoms with E-state index < -0.39 is 0 Å². The molecule has 0 aromatic carbocycles. The molecule has 5 nitrogen and oxygen atoms in total. The average molecular weight is 240 g/mol. The molecule has 0 aliphatic carbocycles. The van der Waals surface area contributed by atoms with Crippen molar-refractivity contribution in [3.05, 3.63) is 28.7 Å². The van der Waals surface area contributed by atoms with Crippen molar-refractivity contribution >= 4 is 0 Å². The maximum absolute atomic E-state index is 11.9. The molecular weight excluding hydrogens is 220 g/mol. The molecule has 0 spiro atoms. The predicted octanol–water partition coefficient (Wildman–Crippen LogP) is 0.348. The highest BCUT2D eigenvalue weighted by Crippen LogP contribution is 2.03. The second-order valence-corrected chi connectivity index (χ2v) is 3.79. The lowest BCUT2D eigenvalue weighted by Crippen LogP contribution is -2.22. The Morgan fingerprint density at radius 3 is 2.88 bits per heavy atom. The van der Waals surface area contributed by atoms with E-state index in [-0.39, 0.29) is 12.2 Å². The van der Waals surface area contributed by atoms with Crippen LogP contribution in [0.1, 0.15) is 19.3 Å². The summed E-state index contributed by atoms with van der Waals surface area (Å²) in [6.45, 7) is 1.73. The van der Waals surface area contributed by atoms with Crippen LogP contribution in [0, 0.1) is 0 Å². The maximum Gasteiger partial charge on any atom is 0.292 e. The monoisotopic (exact) mass is 240 g/mol. The second-order valence-electron chi connectivity index (χ2n) is 3.79. The Balaban J connectivity index is 2.60. The number of aryl methyl sites for hydroxylation is 1. The second kappa shape index (κ2) is 7.86. The molecule has 0 amide bonds. The molecule has 1 heterocycles. The summed E-state index contributed by atoms with van der Waals surface area (Å²) in [5, 5.41) is 8.64. The highest BCUT2D eigenvalue weighted by Gasteiger charge is 2.03. The number of ether oxygens (including phenoxy) is 1. The zero-order valence-electron chi connectivity index (χ0n) is 9.97. The number of nitrogens with two attached hydrogens (primary N) is 1. The van der Waals surface area contributed by atoms with Gasteiger partial charge in [0.2, 0.25) is 0 Å². The van der Waals surface area contributed by atoms with Crippen LogP contribution >= 0.6 is 0 Å². The Bertz CT molecular complexity index is 345. The lowest BCUT2D eigenvalue weighted by Gasteiger charge is -2.08. The van der Waals surface area contributed by atoms with Crippen molar-refractivity contribution in [2.24, 2.45) is 5.73 Å². The van der Waals surface area contributed by atoms with Gasteiger partial charge in [0, 0.05) is 25.8 Å². The number of pyridine rings is 1. The molecule has 1 aromatic rings. The van der Waals surface area contributed by atoms with E-state index in [0.29, 0.717) is 31.9 Å². The first kappa shape index (κ1) is 13.7. The number of nitrogens with zero attached hydrogens (tertiary/aromatic N) is 1. The molecule has 1 aromatic heterocycles. The molecule has 1 rings (SSSR count). The minimum Gasteiger partial charge on any atom is -0.488 e. The van der Waals surface area contributed by atoms with E-state index in [1.54, 1.807) is 22.9 Å². The molecule has 3 N–H and O–H groups in total. The van der Waals surface area contributed by atoms with Crippen LogP contribution < -0.4 is 16.0 Å². The zero-order valence-corrected chi connectivity index (χ0v) is 9.97. The van der Waals surface area contributed by atoms with Crippen LogP contribution in [0.3, 0.4) is 0 Å². The van der Waals surface area contributed by atoms with Gasteiger partial charge in [0.15, 0.2) is 5.75 Å². The van der Waals surface area contributed by atoms with Gasteiger partial charge in [-0.2, -0.15) is 0 Å². The first-order chi connectivity index (χ1) is 8.29. The number of aliphatic hydroxyl groups excluding tert-OH is 1. The molecule has 0 saturated carbocycles. The molecule has 5 heteroatoms. The van der Waals surface area contributed by atoms with E-state index in [1.165, 1.54) is 0 Å². The van der Waals surface area contributed by atoms with Crippen LogP contribution in [0.15, 0.2) is 23.1 Å². The number of aromatic nitrogens is 1. The van der Waals surface area contributed by atoms with Crippen molar-refractivity contribution in [3.8, 4) is 5.75 Å². The summed E-state index contributed by atoms with van der Waals surface area (Å²) in [6, 6.07) is 3.44. The topological polar surface area (TPSA) is 77.5 Å². The molecule has 96 valence electrons. The Kier molecular flexibility index (Phi) is 6.35. The van der Waals surface area contributed by atoms with Crippen molar-refractivity contribution in [2.45, 2.75) is 25.8 Å². The van der Waals surface area contributed by atoms with Gasteiger partial charge in [-0.3, -0.25) is 4.79 Å². The van der Waals surface area contributed by atoms with Crippen molar-refractivity contribution < 1.29 is 9.84 Å². The van der Waals surface area contributed by atoms with Gasteiger partial charge in [-0.25, -0.2) is 0 Å². The minimum absolute atomic E-state index is 0.0670. The number of unbranched alkanes of at least 4 members (excludes halogenated alkanes) is 1. The first-order valence-corrected chi connectivity index (χ1v) is 5.92. The van der Waals surface area contributed by atoms with E-state index in [2.05, 4.69) is 0 Å². The molecular formula is C12H20N2O3. The quantitative estimate of drug-likeness (QED) is 0.643. The SMILES string of the molecule is NCCCCn1cccc(OCCCO)c1=O. The molecule has 17 heavy (non-hydrogen) atoms. The molecule has 0 radical (unpaired) electrons. The molecule has 0 unspecified atom stereocenters. The van der Waals surface area contributed by atoms with E-state index in [0.717, 1.165) is 12.8 Å². The summed E-state index contributed by atoms with van der Waals surface area (Å²) in [5.74, 6) is 0.341. The molecule has 0 aliphatic rings. The maximum atomic E-state index is 11.9. The summed E-state index contributed by atoms with van der Waals surface area (Å²) in [6.07, 6.45) is 4.07. The number of hydrogen-bond acceptors (Lipinski definition) is 4. The zero-order chi connectivity index (χ0) is 12.5. The van der Waals surface area contributed by atoms with Crippen LogP contribution in [0.4, 0.5) is 0 Å². The van der Waals surface area contributed by atoms with Crippen LogP contribution in [0.5, 0.6) is 5.75 Å². The molecule has 0 aliphatic heterocycles. The van der Waals surface area contributed by atoms with E-state index in [4.69, 9.17) is 15.6 Å². The van der Waals surface area contributed by atoms with Gasteiger partial charge in [0.25, 0.3) is 5.56 Å². The number of hydrogen-bond donors (Lipinski definition) is 2. The molecule has 0 bridgehead atoms. The third-order valence-electron chi connectivity index (χ3n) is 2.40. The van der Waals surface area contributed by atoms with Crippen molar-refractivity contribution in [3.63, 3.8) is 0 Å². The minimum atomic E-state index is -0.123. The third kappa shape index (κ3) is 4.58. The van der Waals surface area contributed by atoms with Crippen molar-refractivity contribution in [2.75, 3.05) is 19.8 Å². The van der Waals surface area contributed by atoms with Gasteiger partial charge in [-0.05, 0) is 31.5 Å². The Hall–Kier alpha value is -1.33. The fraction of sp³-hybridized carbons (Fsp3) is 0.583. The summed E-state index contributed by atoms with van der Waals surface area (Å²) in [5.41, 5.74) is 5.28. The van der Waals surface area contributed by atoms with E-state index in [9.17, 15) is 4.79 Å². The summed E-state index contributed by atoms with van der Waals surface area (Å²) >= 11 is 0. The Labute approximate surface area is 101 Å². The van der Waals surface area contributed by atoms with Crippen LogP contribution in [-0.2, 0) is 6.54 Å². The van der Waals surface area contributed by atoms with Gasteiger partial charge in [-0.15, -0.1) is 0 Å². The predicted molar refractivity (Wildman–Crippen MR) is 66.2 cm³/mol.